The van der Waals surface area contributed by atoms with Crippen molar-refractivity contribution in [1.29, 1.82) is 0 Å². The monoisotopic (exact) mass is 430 g/mol. The van der Waals surface area contributed by atoms with Gasteiger partial charge in [0.1, 0.15) is 6.61 Å². The van der Waals surface area contributed by atoms with E-state index in [1.807, 2.05) is 0 Å². The average molecular weight is 431 g/mol. The van der Waals surface area contributed by atoms with Gasteiger partial charge < -0.3 is 14.5 Å². The number of nitrogens with zero attached hydrogens (tertiary/aromatic N) is 4. The molecule has 1 fully saturated rings. The molecular formula is C27H34N4O. The highest BCUT2D eigenvalue weighted by atomic mass is 16.5. The van der Waals surface area contributed by atoms with Gasteiger partial charge in [-0.2, -0.15) is 9.97 Å². The lowest BCUT2D eigenvalue weighted by molar-refractivity contribution is 0.186. The van der Waals surface area contributed by atoms with Gasteiger partial charge in [-0.25, -0.2) is 0 Å². The summed E-state index contributed by atoms with van der Waals surface area (Å²) in [6.45, 7) is 10.2. The fourth-order valence-electron chi connectivity index (χ4n) is 5.31. The van der Waals surface area contributed by atoms with Crippen LogP contribution in [-0.4, -0.2) is 47.7 Å². The molecule has 1 atom stereocenters. The molecule has 1 saturated heterocycles. The van der Waals surface area contributed by atoms with Crippen molar-refractivity contribution < 1.29 is 4.74 Å². The van der Waals surface area contributed by atoms with Crippen molar-refractivity contribution in [3.63, 3.8) is 0 Å². The van der Waals surface area contributed by atoms with E-state index in [1.54, 1.807) is 0 Å². The Morgan fingerprint density at radius 2 is 1.91 bits per heavy atom. The fraction of sp³-hybridized carbons (Fsp3) is 0.481. The lowest BCUT2D eigenvalue weighted by atomic mass is 9.95. The maximum atomic E-state index is 6.17. The highest BCUT2D eigenvalue weighted by Crippen LogP contribution is 2.34. The summed E-state index contributed by atoms with van der Waals surface area (Å²) in [7, 11) is 2.18. The molecular weight excluding hydrogens is 396 g/mol. The molecule has 5 nitrogen and oxygen atoms in total. The van der Waals surface area contributed by atoms with Crippen molar-refractivity contribution in [2.75, 3.05) is 31.6 Å². The van der Waals surface area contributed by atoms with Crippen molar-refractivity contribution in [2.45, 2.75) is 58.5 Å². The number of rotatable bonds is 5. The van der Waals surface area contributed by atoms with E-state index in [-0.39, 0.29) is 0 Å². The van der Waals surface area contributed by atoms with Gasteiger partial charge in [0.25, 0.3) is 0 Å². The molecule has 0 N–H and O–H groups in total. The number of hydrogen-bond donors (Lipinski definition) is 0. The van der Waals surface area contributed by atoms with E-state index in [1.165, 1.54) is 40.4 Å². The largest absolute Gasteiger partial charge is 0.462 e. The van der Waals surface area contributed by atoms with Crippen molar-refractivity contribution in [3.05, 3.63) is 58.9 Å². The summed E-state index contributed by atoms with van der Waals surface area (Å²) >= 11 is 0. The Morgan fingerprint density at radius 1 is 1.09 bits per heavy atom. The summed E-state index contributed by atoms with van der Waals surface area (Å²) in [5.74, 6) is 0.356. The third kappa shape index (κ3) is 3.95. The number of likely N-dealkylation sites (tertiary alicyclic amines) is 1. The molecule has 2 aliphatic heterocycles. The first-order valence-electron chi connectivity index (χ1n) is 12.0. The summed E-state index contributed by atoms with van der Waals surface area (Å²) in [6.07, 6.45) is 3.40. The normalized spacial score (nSPS) is 19.0. The number of benzene rings is 2. The number of likely N-dealkylation sites (N-methyl/N-ethyl adjacent to an activating group) is 1. The quantitative estimate of drug-likeness (QED) is 0.563. The third-order valence-electron chi connectivity index (χ3n) is 7.13. The van der Waals surface area contributed by atoms with Gasteiger partial charge in [0.05, 0.1) is 17.9 Å². The van der Waals surface area contributed by atoms with Gasteiger partial charge >= 0.3 is 6.01 Å². The standard InChI is InChI=1S/C27H34N4O/c1-18(2)26-22-13-15-31(24-12-6-10-20-9-5-8-19(3)25(20)24)16-23(22)28-27(29-26)32-17-21-11-7-14-30(21)4/h5-6,8-10,12,18,21H,7,11,13-17H2,1-4H3/t21-/m1/s1. The minimum atomic E-state index is 0.356. The fourth-order valence-corrected chi connectivity index (χ4v) is 5.31. The van der Waals surface area contributed by atoms with Gasteiger partial charge in [0.2, 0.25) is 0 Å². The predicted molar refractivity (Wildman–Crippen MR) is 131 cm³/mol. The first kappa shape index (κ1) is 21.2. The minimum absolute atomic E-state index is 0.356. The van der Waals surface area contributed by atoms with E-state index in [2.05, 4.69) is 74.0 Å². The first-order valence-corrected chi connectivity index (χ1v) is 12.0. The van der Waals surface area contributed by atoms with E-state index >= 15 is 0 Å². The highest BCUT2D eigenvalue weighted by molar-refractivity contribution is 5.96. The van der Waals surface area contributed by atoms with Crippen LogP contribution in [-0.2, 0) is 13.0 Å². The number of fused-ring (bicyclic) bond motifs is 2. The molecule has 168 valence electrons. The van der Waals surface area contributed by atoms with Gasteiger partial charge in [0, 0.05) is 23.7 Å². The molecule has 0 amide bonds. The molecule has 0 saturated carbocycles. The summed E-state index contributed by atoms with van der Waals surface area (Å²) < 4.78 is 6.17. The van der Waals surface area contributed by atoms with Gasteiger partial charge in [-0.1, -0.05) is 44.2 Å². The van der Waals surface area contributed by atoms with Crippen LogP contribution in [0.4, 0.5) is 5.69 Å². The molecule has 0 unspecified atom stereocenters. The summed E-state index contributed by atoms with van der Waals surface area (Å²) in [5.41, 5.74) is 6.21. The smallest absolute Gasteiger partial charge is 0.316 e. The van der Waals surface area contributed by atoms with Crippen LogP contribution < -0.4 is 9.64 Å². The molecule has 0 radical (unpaired) electrons. The Kier molecular flexibility index (Phi) is 5.76. The minimum Gasteiger partial charge on any atom is -0.462 e. The Hall–Kier alpha value is -2.66. The van der Waals surface area contributed by atoms with E-state index in [0.29, 0.717) is 24.6 Å². The maximum absolute atomic E-state index is 6.17. The lowest BCUT2D eigenvalue weighted by Crippen LogP contribution is -2.33. The Balaban J connectivity index is 1.46. The molecule has 0 spiro atoms. The van der Waals surface area contributed by atoms with Gasteiger partial charge in [-0.05, 0) is 68.3 Å². The molecule has 1 aromatic heterocycles. The van der Waals surface area contributed by atoms with Crippen LogP contribution >= 0.6 is 0 Å². The maximum Gasteiger partial charge on any atom is 0.316 e. The van der Waals surface area contributed by atoms with Crippen LogP contribution in [0.1, 0.15) is 55.1 Å². The van der Waals surface area contributed by atoms with Crippen molar-refractivity contribution >= 4 is 16.5 Å². The summed E-state index contributed by atoms with van der Waals surface area (Å²) in [5, 5.41) is 2.64. The van der Waals surface area contributed by atoms with E-state index in [9.17, 15) is 0 Å². The van der Waals surface area contributed by atoms with Crippen LogP contribution in [0.5, 0.6) is 6.01 Å². The van der Waals surface area contributed by atoms with Gasteiger partial charge in [-0.15, -0.1) is 0 Å². The summed E-state index contributed by atoms with van der Waals surface area (Å²) in [6, 6.07) is 14.2. The lowest BCUT2D eigenvalue weighted by Gasteiger charge is -2.32. The third-order valence-corrected chi connectivity index (χ3v) is 7.13. The van der Waals surface area contributed by atoms with Gasteiger partial charge in [0.15, 0.2) is 0 Å². The van der Waals surface area contributed by atoms with Crippen LogP contribution in [0.25, 0.3) is 10.8 Å². The van der Waals surface area contributed by atoms with Crippen molar-refractivity contribution in [3.8, 4) is 6.01 Å². The van der Waals surface area contributed by atoms with Crippen LogP contribution in [0.2, 0.25) is 0 Å². The predicted octanol–water partition coefficient (Wildman–Crippen LogP) is 5.10. The number of aromatic nitrogens is 2. The van der Waals surface area contributed by atoms with Gasteiger partial charge in [-0.3, -0.25) is 0 Å². The van der Waals surface area contributed by atoms with Crippen LogP contribution in [0.3, 0.4) is 0 Å². The molecule has 3 heterocycles. The number of ether oxygens (including phenoxy) is 1. The Labute approximate surface area is 191 Å². The Morgan fingerprint density at radius 3 is 2.66 bits per heavy atom. The molecule has 5 heteroatoms. The summed E-state index contributed by atoms with van der Waals surface area (Å²) in [4.78, 5) is 14.6. The zero-order valence-corrected chi connectivity index (χ0v) is 19.8. The molecule has 3 aromatic rings. The number of hydrogen-bond acceptors (Lipinski definition) is 5. The SMILES string of the molecule is Cc1cccc2cccc(N3CCc4c(nc(OC[C@H]5CCCN5C)nc4C(C)C)C3)c12. The van der Waals surface area contributed by atoms with Crippen molar-refractivity contribution in [1.82, 2.24) is 14.9 Å². The van der Waals surface area contributed by atoms with Crippen LogP contribution in [0.15, 0.2) is 36.4 Å². The van der Waals surface area contributed by atoms with E-state index < -0.39 is 0 Å². The Bertz CT molecular complexity index is 1120. The average Bonchev–Trinajstić information content (AvgIpc) is 3.21. The molecule has 5 rings (SSSR count). The zero-order chi connectivity index (χ0) is 22.2. The number of anilines is 1. The molecule has 2 aliphatic rings. The second-order valence-corrected chi connectivity index (χ2v) is 9.68. The topological polar surface area (TPSA) is 41.5 Å². The molecule has 32 heavy (non-hydrogen) atoms. The molecule has 0 aliphatic carbocycles. The second kappa shape index (κ2) is 8.70. The molecule has 2 aromatic carbocycles. The van der Waals surface area contributed by atoms with Crippen molar-refractivity contribution in [2.24, 2.45) is 0 Å². The highest BCUT2D eigenvalue weighted by Gasteiger charge is 2.26. The number of aryl methyl sites for hydroxylation is 1. The van der Waals surface area contributed by atoms with E-state index in [0.717, 1.165) is 37.4 Å². The van der Waals surface area contributed by atoms with E-state index in [4.69, 9.17) is 14.7 Å². The second-order valence-electron chi connectivity index (χ2n) is 9.68. The van der Waals surface area contributed by atoms with Crippen LogP contribution in [0, 0.1) is 6.92 Å². The molecule has 0 bridgehead atoms. The first-order chi connectivity index (χ1) is 15.5. The zero-order valence-electron chi connectivity index (χ0n) is 19.8.